The summed E-state index contributed by atoms with van der Waals surface area (Å²) in [4.78, 5) is 33.8. The number of piperazine rings is 1. The second kappa shape index (κ2) is 8.09. The second-order valence-electron chi connectivity index (χ2n) is 6.15. The van der Waals surface area contributed by atoms with Gasteiger partial charge in [0.05, 0.1) is 10.9 Å². The Labute approximate surface area is 145 Å². The summed E-state index contributed by atoms with van der Waals surface area (Å²) in [6, 6.07) is 5.21. The van der Waals surface area contributed by atoms with Gasteiger partial charge in [-0.3, -0.25) is 14.6 Å². The van der Waals surface area contributed by atoms with Crippen LogP contribution in [0.15, 0.2) is 23.0 Å². The fourth-order valence-corrected chi connectivity index (χ4v) is 2.88. The average molecular weight is 344 g/mol. The molecule has 1 aliphatic rings. The Bertz CT molecular complexity index is 797. The molecule has 1 aromatic heterocycles. The van der Waals surface area contributed by atoms with E-state index in [-0.39, 0.29) is 11.5 Å². The SMILES string of the molecule is NCCCCC(=O)Nc1ccc2nc(N3CCNCC3)[nH]c(=O)c2c1. The number of nitrogens with zero attached hydrogens (tertiary/aromatic N) is 2. The smallest absolute Gasteiger partial charge is 0.260 e. The van der Waals surface area contributed by atoms with Gasteiger partial charge in [0.25, 0.3) is 5.56 Å². The maximum atomic E-state index is 12.4. The monoisotopic (exact) mass is 344 g/mol. The van der Waals surface area contributed by atoms with Crippen molar-refractivity contribution in [1.82, 2.24) is 15.3 Å². The molecule has 0 saturated carbocycles. The Morgan fingerprint density at radius 3 is 2.84 bits per heavy atom. The lowest BCUT2D eigenvalue weighted by molar-refractivity contribution is -0.116. The van der Waals surface area contributed by atoms with Gasteiger partial charge >= 0.3 is 0 Å². The lowest BCUT2D eigenvalue weighted by Gasteiger charge is -2.27. The predicted octanol–water partition coefficient (Wildman–Crippen LogP) is 0.400. The highest BCUT2D eigenvalue weighted by Gasteiger charge is 2.14. The summed E-state index contributed by atoms with van der Waals surface area (Å²) in [7, 11) is 0. The first kappa shape index (κ1) is 17.4. The van der Waals surface area contributed by atoms with Crippen LogP contribution in [-0.4, -0.2) is 48.6 Å². The van der Waals surface area contributed by atoms with Gasteiger partial charge in [-0.2, -0.15) is 0 Å². The first-order valence-corrected chi connectivity index (χ1v) is 8.67. The molecule has 25 heavy (non-hydrogen) atoms. The van der Waals surface area contributed by atoms with Crippen LogP contribution in [0.25, 0.3) is 10.9 Å². The molecular weight excluding hydrogens is 320 g/mol. The third-order valence-electron chi connectivity index (χ3n) is 4.25. The van der Waals surface area contributed by atoms with Crippen LogP contribution in [0.5, 0.6) is 0 Å². The number of unbranched alkanes of at least 4 members (excludes halogenated alkanes) is 1. The number of hydrogen-bond donors (Lipinski definition) is 4. The zero-order valence-electron chi connectivity index (χ0n) is 14.2. The minimum Gasteiger partial charge on any atom is -0.340 e. The van der Waals surface area contributed by atoms with Crippen LogP contribution < -0.4 is 26.8 Å². The van der Waals surface area contributed by atoms with Gasteiger partial charge < -0.3 is 21.3 Å². The number of hydrogen-bond acceptors (Lipinski definition) is 6. The molecule has 1 aromatic carbocycles. The minimum atomic E-state index is -0.197. The van der Waals surface area contributed by atoms with Gasteiger partial charge in [0, 0.05) is 38.3 Å². The molecule has 8 heteroatoms. The van der Waals surface area contributed by atoms with E-state index in [1.54, 1.807) is 18.2 Å². The largest absolute Gasteiger partial charge is 0.340 e. The van der Waals surface area contributed by atoms with Crippen molar-refractivity contribution in [2.24, 2.45) is 5.73 Å². The number of fused-ring (bicyclic) bond motifs is 1. The van der Waals surface area contributed by atoms with Crippen molar-refractivity contribution in [3.05, 3.63) is 28.6 Å². The van der Waals surface area contributed by atoms with Gasteiger partial charge in [0.2, 0.25) is 11.9 Å². The van der Waals surface area contributed by atoms with Crippen LogP contribution in [-0.2, 0) is 4.79 Å². The van der Waals surface area contributed by atoms with Gasteiger partial charge in [-0.05, 0) is 37.6 Å². The minimum absolute atomic E-state index is 0.0744. The third-order valence-corrected chi connectivity index (χ3v) is 4.25. The van der Waals surface area contributed by atoms with Crippen LogP contribution >= 0.6 is 0 Å². The van der Waals surface area contributed by atoms with Crippen molar-refractivity contribution in [3.63, 3.8) is 0 Å². The molecule has 0 unspecified atom stereocenters. The number of aromatic amines is 1. The predicted molar refractivity (Wildman–Crippen MR) is 99.0 cm³/mol. The summed E-state index contributed by atoms with van der Waals surface area (Å²) in [5, 5.41) is 6.56. The molecule has 3 rings (SSSR count). The standard InChI is InChI=1S/C17H24N6O2/c18-6-2-1-3-15(24)20-12-4-5-14-13(11-12)16(25)22-17(21-14)23-9-7-19-8-10-23/h4-5,11,19H,1-3,6-10,18H2,(H,20,24)(H,21,22,25). The maximum Gasteiger partial charge on any atom is 0.260 e. The van der Waals surface area contributed by atoms with E-state index in [1.807, 2.05) is 0 Å². The molecular formula is C17H24N6O2. The fraction of sp³-hybridized carbons (Fsp3) is 0.471. The number of aromatic nitrogens is 2. The van der Waals surface area contributed by atoms with Gasteiger partial charge in [-0.15, -0.1) is 0 Å². The molecule has 8 nitrogen and oxygen atoms in total. The molecule has 0 spiro atoms. The van der Waals surface area contributed by atoms with Crippen molar-refractivity contribution in [2.75, 3.05) is 42.9 Å². The molecule has 0 bridgehead atoms. The quantitative estimate of drug-likeness (QED) is 0.564. The number of nitrogens with two attached hydrogens (primary N) is 1. The van der Waals surface area contributed by atoms with Crippen LogP contribution in [0.3, 0.4) is 0 Å². The zero-order valence-corrected chi connectivity index (χ0v) is 14.2. The van der Waals surface area contributed by atoms with Crippen LogP contribution in [0.4, 0.5) is 11.6 Å². The van der Waals surface area contributed by atoms with E-state index in [1.165, 1.54) is 0 Å². The molecule has 2 aromatic rings. The molecule has 0 atom stereocenters. The Morgan fingerprint density at radius 2 is 2.08 bits per heavy atom. The lowest BCUT2D eigenvalue weighted by Crippen LogP contribution is -2.44. The summed E-state index contributed by atoms with van der Waals surface area (Å²) in [5.74, 6) is 0.521. The number of carbonyl (C=O) groups excluding carboxylic acids is 1. The first-order valence-electron chi connectivity index (χ1n) is 8.67. The number of H-pyrrole nitrogens is 1. The molecule has 0 aliphatic carbocycles. The highest BCUT2D eigenvalue weighted by Crippen LogP contribution is 2.17. The molecule has 2 heterocycles. The Balaban J connectivity index is 1.77. The Kier molecular flexibility index (Phi) is 5.62. The Hall–Kier alpha value is -2.45. The molecule has 0 radical (unpaired) electrons. The lowest BCUT2D eigenvalue weighted by atomic mass is 10.2. The summed E-state index contributed by atoms with van der Waals surface area (Å²) in [6.45, 7) is 3.95. The normalized spacial score (nSPS) is 14.7. The van der Waals surface area contributed by atoms with Crippen LogP contribution in [0, 0.1) is 0 Å². The van der Waals surface area contributed by atoms with E-state index in [0.29, 0.717) is 35.5 Å². The Morgan fingerprint density at radius 1 is 1.28 bits per heavy atom. The van der Waals surface area contributed by atoms with Gasteiger partial charge in [0.15, 0.2) is 0 Å². The summed E-state index contributed by atoms with van der Waals surface area (Å²) >= 11 is 0. The van der Waals surface area contributed by atoms with E-state index >= 15 is 0 Å². The molecule has 1 saturated heterocycles. The van der Waals surface area contributed by atoms with Crippen molar-refractivity contribution < 1.29 is 4.79 Å². The van der Waals surface area contributed by atoms with Crippen molar-refractivity contribution in [1.29, 1.82) is 0 Å². The van der Waals surface area contributed by atoms with Gasteiger partial charge in [-0.1, -0.05) is 0 Å². The molecule has 134 valence electrons. The van der Waals surface area contributed by atoms with E-state index in [9.17, 15) is 9.59 Å². The second-order valence-corrected chi connectivity index (χ2v) is 6.15. The average Bonchev–Trinajstić information content (AvgIpc) is 2.63. The van der Waals surface area contributed by atoms with Crippen molar-refractivity contribution in [3.8, 4) is 0 Å². The van der Waals surface area contributed by atoms with Gasteiger partial charge in [-0.25, -0.2) is 4.98 Å². The number of carbonyl (C=O) groups is 1. The van der Waals surface area contributed by atoms with Gasteiger partial charge in [0.1, 0.15) is 0 Å². The molecule has 1 amide bonds. The molecule has 5 N–H and O–H groups in total. The number of rotatable bonds is 6. The number of benzene rings is 1. The van der Waals surface area contributed by atoms with Crippen molar-refractivity contribution >= 4 is 28.4 Å². The zero-order chi connectivity index (χ0) is 17.6. The molecule has 1 aliphatic heterocycles. The third kappa shape index (κ3) is 4.34. The highest BCUT2D eigenvalue weighted by atomic mass is 16.1. The van der Waals surface area contributed by atoms with E-state index < -0.39 is 0 Å². The van der Waals surface area contributed by atoms with Crippen LogP contribution in [0.2, 0.25) is 0 Å². The first-order chi connectivity index (χ1) is 12.2. The van der Waals surface area contributed by atoms with E-state index in [4.69, 9.17) is 5.73 Å². The topological polar surface area (TPSA) is 116 Å². The van der Waals surface area contributed by atoms with Crippen molar-refractivity contribution in [2.45, 2.75) is 19.3 Å². The summed E-state index contributed by atoms with van der Waals surface area (Å²) in [5.41, 5.74) is 6.46. The summed E-state index contributed by atoms with van der Waals surface area (Å²) < 4.78 is 0. The number of anilines is 2. The highest BCUT2D eigenvalue weighted by molar-refractivity contribution is 5.93. The molecule has 1 fully saturated rings. The number of nitrogens with one attached hydrogen (secondary N) is 3. The number of amides is 1. The maximum absolute atomic E-state index is 12.4. The van der Waals surface area contributed by atoms with E-state index in [2.05, 4.69) is 25.5 Å². The summed E-state index contributed by atoms with van der Waals surface area (Å²) in [6.07, 6.45) is 2.00. The fourth-order valence-electron chi connectivity index (χ4n) is 2.88. The van der Waals surface area contributed by atoms with Crippen LogP contribution in [0.1, 0.15) is 19.3 Å². The van der Waals surface area contributed by atoms with E-state index in [0.717, 1.165) is 39.0 Å².